The van der Waals surface area contributed by atoms with Crippen LogP contribution < -0.4 is 20.3 Å². The van der Waals surface area contributed by atoms with Crippen LogP contribution in [0.5, 0.6) is 5.75 Å². The Balaban J connectivity index is 1.56. The molecule has 0 radical (unpaired) electrons. The lowest BCUT2D eigenvalue weighted by molar-refractivity contribution is -0.125. The van der Waals surface area contributed by atoms with E-state index in [1.165, 1.54) is 0 Å². The molecule has 2 unspecified atom stereocenters. The molecule has 2 amide bonds. The van der Waals surface area contributed by atoms with Crippen LogP contribution in [0.1, 0.15) is 26.2 Å². The summed E-state index contributed by atoms with van der Waals surface area (Å²) in [5, 5.41) is 6.29. The van der Waals surface area contributed by atoms with Gasteiger partial charge in [-0.3, -0.25) is 9.59 Å². The van der Waals surface area contributed by atoms with Crippen molar-refractivity contribution in [2.75, 3.05) is 24.5 Å². The lowest BCUT2D eigenvalue weighted by Crippen LogP contribution is -2.46. The van der Waals surface area contributed by atoms with Crippen LogP contribution in [0.15, 0.2) is 24.3 Å². The SMILES string of the molecule is CC1Oc2ccccc2N(CCC(=O)NCC2CCCN2)C1=O. The number of benzene rings is 1. The van der Waals surface area contributed by atoms with Gasteiger partial charge in [-0.2, -0.15) is 0 Å². The van der Waals surface area contributed by atoms with Gasteiger partial charge in [0.05, 0.1) is 5.69 Å². The number of hydrogen-bond donors (Lipinski definition) is 2. The molecule has 1 fully saturated rings. The molecule has 2 heterocycles. The summed E-state index contributed by atoms with van der Waals surface area (Å²) in [6.45, 7) is 3.78. The summed E-state index contributed by atoms with van der Waals surface area (Å²) < 4.78 is 5.60. The van der Waals surface area contributed by atoms with Crippen LogP contribution in [0, 0.1) is 0 Å². The first-order chi connectivity index (χ1) is 11.1. The molecule has 1 saturated heterocycles. The largest absolute Gasteiger partial charge is 0.479 e. The normalized spacial score (nSPS) is 23.3. The number of rotatable bonds is 5. The van der Waals surface area contributed by atoms with Gasteiger partial charge in [0.25, 0.3) is 5.91 Å². The number of hydrogen-bond acceptors (Lipinski definition) is 4. The molecular weight excluding hydrogens is 294 g/mol. The number of nitrogens with zero attached hydrogens (tertiary/aromatic N) is 1. The Morgan fingerprint density at radius 2 is 2.26 bits per heavy atom. The molecule has 0 aliphatic carbocycles. The van der Waals surface area contributed by atoms with E-state index < -0.39 is 6.10 Å². The molecule has 0 bridgehead atoms. The van der Waals surface area contributed by atoms with Gasteiger partial charge in [-0.15, -0.1) is 0 Å². The molecule has 2 aliphatic rings. The second-order valence-corrected chi connectivity index (χ2v) is 6.07. The third-order valence-corrected chi connectivity index (χ3v) is 4.34. The van der Waals surface area contributed by atoms with Crippen molar-refractivity contribution < 1.29 is 14.3 Å². The summed E-state index contributed by atoms with van der Waals surface area (Å²) in [7, 11) is 0. The van der Waals surface area contributed by atoms with E-state index in [4.69, 9.17) is 4.74 Å². The minimum atomic E-state index is -0.518. The fourth-order valence-corrected chi connectivity index (χ4v) is 3.06. The van der Waals surface area contributed by atoms with E-state index in [-0.39, 0.29) is 11.8 Å². The van der Waals surface area contributed by atoms with Crippen LogP contribution >= 0.6 is 0 Å². The van der Waals surface area contributed by atoms with Crippen molar-refractivity contribution in [3.8, 4) is 5.75 Å². The van der Waals surface area contributed by atoms with Crippen molar-refractivity contribution in [2.45, 2.75) is 38.3 Å². The molecule has 0 spiro atoms. The predicted molar refractivity (Wildman–Crippen MR) is 87.5 cm³/mol. The zero-order valence-electron chi connectivity index (χ0n) is 13.4. The second-order valence-electron chi connectivity index (χ2n) is 6.07. The van der Waals surface area contributed by atoms with Gasteiger partial charge in [0, 0.05) is 25.6 Å². The Morgan fingerprint density at radius 3 is 3.04 bits per heavy atom. The van der Waals surface area contributed by atoms with Gasteiger partial charge >= 0.3 is 0 Å². The fraction of sp³-hybridized carbons (Fsp3) is 0.529. The third-order valence-electron chi connectivity index (χ3n) is 4.34. The Bertz CT molecular complexity index is 584. The molecule has 1 aromatic carbocycles. The highest BCUT2D eigenvalue weighted by Crippen LogP contribution is 2.33. The van der Waals surface area contributed by atoms with Crippen LogP contribution in [0.2, 0.25) is 0 Å². The van der Waals surface area contributed by atoms with E-state index in [2.05, 4.69) is 10.6 Å². The summed E-state index contributed by atoms with van der Waals surface area (Å²) in [6, 6.07) is 7.81. The standard InChI is InChI=1S/C17H23N3O3/c1-12-17(22)20(14-6-2-3-7-15(14)23-12)10-8-16(21)19-11-13-5-4-9-18-13/h2-3,6-7,12-13,18H,4-5,8-11H2,1H3,(H,19,21). The minimum Gasteiger partial charge on any atom is -0.479 e. The maximum atomic E-state index is 12.3. The maximum absolute atomic E-state index is 12.3. The smallest absolute Gasteiger partial charge is 0.267 e. The molecule has 6 nitrogen and oxygen atoms in total. The Hall–Kier alpha value is -2.08. The van der Waals surface area contributed by atoms with Crippen LogP contribution in [-0.2, 0) is 9.59 Å². The van der Waals surface area contributed by atoms with Crippen molar-refractivity contribution in [2.24, 2.45) is 0 Å². The highest BCUT2D eigenvalue weighted by molar-refractivity contribution is 6.00. The van der Waals surface area contributed by atoms with E-state index in [1.54, 1.807) is 11.8 Å². The molecule has 23 heavy (non-hydrogen) atoms. The number of nitrogens with one attached hydrogen (secondary N) is 2. The van der Waals surface area contributed by atoms with E-state index in [1.807, 2.05) is 24.3 Å². The first-order valence-corrected chi connectivity index (χ1v) is 8.22. The average molecular weight is 317 g/mol. The molecule has 2 N–H and O–H groups in total. The van der Waals surface area contributed by atoms with Crippen molar-refractivity contribution in [3.63, 3.8) is 0 Å². The topological polar surface area (TPSA) is 70.7 Å². The van der Waals surface area contributed by atoms with Crippen LogP contribution in [0.3, 0.4) is 0 Å². The van der Waals surface area contributed by atoms with Gasteiger partial charge in [-0.05, 0) is 38.4 Å². The number of carbonyl (C=O) groups excluding carboxylic acids is 2. The molecule has 0 aromatic heterocycles. The fourth-order valence-electron chi connectivity index (χ4n) is 3.06. The number of amides is 2. The number of fused-ring (bicyclic) bond motifs is 1. The maximum Gasteiger partial charge on any atom is 0.267 e. The van der Waals surface area contributed by atoms with Gasteiger partial charge in [-0.25, -0.2) is 0 Å². The zero-order chi connectivity index (χ0) is 16.2. The van der Waals surface area contributed by atoms with Gasteiger partial charge in [-0.1, -0.05) is 12.1 Å². The third kappa shape index (κ3) is 3.64. The highest BCUT2D eigenvalue weighted by atomic mass is 16.5. The minimum absolute atomic E-state index is 0.0249. The van der Waals surface area contributed by atoms with Crippen molar-refractivity contribution in [3.05, 3.63) is 24.3 Å². The summed E-state index contributed by atoms with van der Waals surface area (Å²) in [5.74, 6) is 0.562. The molecule has 2 atom stereocenters. The molecule has 124 valence electrons. The van der Waals surface area contributed by atoms with Crippen molar-refractivity contribution in [1.82, 2.24) is 10.6 Å². The van der Waals surface area contributed by atoms with Gasteiger partial charge in [0.15, 0.2) is 6.10 Å². The number of ether oxygens (including phenoxy) is 1. The second kappa shape index (κ2) is 7.00. The first kappa shape index (κ1) is 15.8. The molecular formula is C17H23N3O3. The number of anilines is 1. The molecule has 2 aliphatic heterocycles. The van der Waals surface area contributed by atoms with Gasteiger partial charge in [0.2, 0.25) is 5.91 Å². The Kier molecular flexibility index (Phi) is 4.81. The Morgan fingerprint density at radius 1 is 1.43 bits per heavy atom. The van der Waals surface area contributed by atoms with Crippen molar-refractivity contribution >= 4 is 17.5 Å². The van der Waals surface area contributed by atoms with Crippen LogP contribution in [0.4, 0.5) is 5.69 Å². The van der Waals surface area contributed by atoms with E-state index in [9.17, 15) is 9.59 Å². The van der Waals surface area contributed by atoms with E-state index >= 15 is 0 Å². The molecule has 6 heteroatoms. The summed E-state index contributed by atoms with van der Waals surface area (Å²) >= 11 is 0. The van der Waals surface area contributed by atoms with E-state index in [0.29, 0.717) is 31.3 Å². The molecule has 0 saturated carbocycles. The predicted octanol–water partition coefficient (Wildman–Crippen LogP) is 1.06. The Labute approximate surface area is 136 Å². The summed E-state index contributed by atoms with van der Waals surface area (Å²) in [6.07, 6.45) is 2.04. The zero-order valence-corrected chi connectivity index (χ0v) is 13.4. The van der Waals surface area contributed by atoms with Crippen LogP contribution in [0.25, 0.3) is 0 Å². The average Bonchev–Trinajstić information content (AvgIpc) is 3.07. The lowest BCUT2D eigenvalue weighted by Gasteiger charge is -2.32. The van der Waals surface area contributed by atoms with Crippen molar-refractivity contribution in [1.29, 1.82) is 0 Å². The molecule has 3 rings (SSSR count). The van der Waals surface area contributed by atoms with Gasteiger partial charge in [0.1, 0.15) is 5.75 Å². The lowest BCUT2D eigenvalue weighted by atomic mass is 10.1. The highest BCUT2D eigenvalue weighted by Gasteiger charge is 2.31. The summed E-state index contributed by atoms with van der Waals surface area (Å²) in [5.41, 5.74) is 0.737. The van der Waals surface area contributed by atoms with Gasteiger partial charge < -0.3 is 20.3 Å². The monoisotopic (exact) mass is 317 g/mol. The number of carbonyl (C=O) groups is 2. The number of para-hydroxylation sites is 2. The van der Waals surface area contributed by atoms with Crippen LogP contribution in [-0.4, -0.2) is 43.6 Å². The first-order valence-electron chi connectivity index (χ1n) is 8.22. The quantitative estimate of drug-likeness (QED) is 0.852. The van der Waals surface area contributed by atoms with E-state index in [0.717, 1.165) is 25.1 Å². The molecule has 1 aromatic rings. The summed E-state index contributed by atoms with van der Waals surface area (Å²) in [4.78, 5) is 26.0.